The number of ether oxygens (including phenoxy) is 1. The molecule has 1 fully saturated rings. The Balaban J connectivity index is 1.73. The van der Waals surface area contributed by atoms with E-state index in [9.17, 15) is 18.4 Å². The monoisotopic (exact) mass is 349 g/mol. The van der Waals surface area contributed by atoms with E-state index in [-0.39, 0.29) is 35.3 Å². The third kappa shape index (κ3) is 3.38. The van der Waals surface area contributed by atoms with E-state index >= 15 is 0 Å². The van der Waals surface area contributed by atoms with Crippen molar-refractivity contribution in [1.29, 1.82) is 0 Å². The molecule has 0 radical (unpaired) electrons. The van der Waals surface area contributed by atoms with Crippen LogP contribution in [0, 0.1) is 17.6 Å². The second-order valence-corrected chi connectivity index (χ2v) is 5.86. The van der Waals surface area contributed by atoms with Crippen LogP contribution < -0.4 is 0 Å². The first-order valence-corrected chi connectivity index (χ1v) is 7.93. The highest BCUT2D eigenvalue weighted by Crippen LogP contribution is 2.28. The maximum atomic E-state index is 13.9. The number of esters is 1. The molecule has 0 saturated carbocycles. The molecule has 132 valence electrons. The number of amides is 1. The average Bonchev–Trinajstić information content (AvgIpc) is 3.19. The highest BCUT2D eigenvalue weighted by Gasteiger charge is 2.30. The first-order chi connectivity index (χ1) is 12.0. The van der Waals surface area contributed by atoms with Crippen LogP contribution in [-0.4, -0.2) is 46.7 Å². The molecule has 0 unspecified atom stereocenters. The standard InChI is InChI=1S/C17H17F2N3O3/c1-2-22-8-10(6-14(22)23)9-25-17(24)11-7-20-21-16(11)15-12(18)4-3-5-13(15)19/h3-5,7,10H,2,6,8-9H2,1H3,(H,20,21)/t10-/m0/s1. The van der Waals surface area contributed by atoms with Gasteiger partial charge < -0.3 is 9.64 Å². The second-order valence-electron chi connectivity index (χ2n) is 5.86. The molecular weight excluding hydrogens is 332 g/mol. The van der Waals surface area contributed by atoms with E-state index in [1.807, 2.05) is 6.92 Å². The van der Waals surface area contributed by atoms with Crippen LogP contribution in [0.4, 0.5) is 8.78 Å². The SMILES string of the molecule is CCN1C[C@@H](COC(=O)c2cn[nH]c2-c2c(F)cccc2F)CC1=O. The fourth-order valence-corrected chi connectivity index (χ4v) is 2.91. The van der Waals surface area contributed by atoms with Crippen LogP contribution in [0.25, 0.3) is 11.3 Å². The van der Waals surface area contributed by atoms with Crippen molar-refractivity contribution in [2.75, 3.05) is 19.7 Å². The van der Waals surface area contributed by atoms with Gasteiger partial charge >= 0.3 is 5.97 Å². The topological polar surface area (TPSA) is 75.3 Å². The molecule has 1 aliphatic heterocycles. The van der Waals surface area contributed by atoms with Gasteiger partial charge in [-0.1, -0.05) is 6.07 Å². The molecule has 1 aliphatic rings. The first kappa shape index (κ1) is 17.1. The maximum absolute atomic E-state index is 13.9. The van der Waals surface area contributed by atoms with Gasteiger partial charge in [0.05, 0.1) is 24.1 Å². The molecular formula is C17H17F2N3O3. The number of rotatable bonds is 5. The van der Waals surface area contributed by atoms with E-state index in [4.69, 9.17) is 4.74 Å². The number of halogens is 2. The fraction of sp³-hybridized carbons (Fsp3) is 0.353. The van der Waals surface area contributed by atoms with Crippen molar-refractivity contribution in [2.45, 2.75) is 13.3 Å². The average molecular weight is 349 g/mol. The minimum Gasteiger partial charge on any atom is -0.462 e. The number of hydrogen-bond acceptors (Lipinski definition) is 4. The summed E-state index contributed by atoms with van der Waals surface area (Å²) >= 11 is 0. The number of hydrogen-bond donors (Lipinski definition) is 1. The zero-order chi connectivity index (χ0) is 18.0. The van der Waals surface area contributed by atoms with E-state index in [0.717, 1.165) is 12.1 Å². The molecule has 6 nitrogen and oxygen atoms in total. The maximum Gasteiger partial charge on any atom is 0.342 e. The third-order valence-electron chi connectivity index (χ3n) is 4.20. The van der Waals surface area contributed by atoms with Crippen molar-refractivity contribution in [1.82, 2.24) is 15.1 Å². The van der Waals surface area contributed by atoms with Crippen molar-refractivity contribution in [3.8, 4) is 11.3 Å². The van der Waals surface area contributed by atoms with Crippen molar-refractivity contribution in [3.63, 3.8) is 0 Å². The third-order valence-corrected chi connectivity index (χ3v) is 4.20. The van der Waals surface area contributed by atoms with Crippen LogP contribution in [0.2, 0.25) is 0 Å². The summed E-state index contributed by atoms with van der Waals surface area (Å²) in [5, 5.41) is 6.14. The Morgan fingerprint density at radius 1 is 1.40 bits per heavy atom. The van der Waals surface area contributed by atoms with Gasteiger partial charge in [0.1, 0.15) is 17.2 Å². The molecule has 8 heteroatoms. The number of H-pyrrole nitrogens is 1. The van der Waals surface area contributed by atoms with Gasteiger partial charge in [-0.2, -0.15) is 5.10 Å². The van der Waals surface area contributed by atoms with Gasteiger partial charge in [-0.3, -0.25) is 9.89 Å². The Morgan fingerprint density at radius 3 is 2.76 bits per heavy atom. The zero-order valence-electron chi connectivity index (χ0n) is 13.6. The van der Waals surface area contributed by atoms with Crippen molar-refractivity contribution < 1.29 is 23.1 Å². The second kappa shape index (κ2) is 7.00. The summed E-state index contributed by atoms with van der Waals surface area (Å²) in [5.41, 5.74) is -0.487. The Labute approximate surface area is 142 Å². The van der Waals surface area contributed by atoms with Gasteiger partial charge in [0.2, 0.25) is 5.91 Å². The van der Waals surface area contributed by atoms with Crippen LogP contribution in [0.15, 0.2) is 24.4 Å². The number of benzene rings is 1. The Hall–Kier alpha value is -2.77. The molecule has 1 aromatic heterocycles. The molecule has 1 aromatic carbocycles. The van der Waals surface area contributed by atoms with E-state index < -0.39 is 17.6 Å². The van der Waals surface area contributed by atoms with Gasteiger partial charge in [-0.25, -0.2) is 13.6 Å². The molecule has 1 amide bonds. The summed E-state index contributed by atoms with van der Waals surface area (Å²) < 4.78 is 33.1. The highest BCUT2D eigenvalue weighted by molar-refractivity contribution is 5.96. The lowest BCUT2D eigenvalue weighted by Crippen LogP contribution is -2.25. The smallest absolute Gasteiger partial charge is 0.342 e. The molecule has 0 aliphatic carbocycles. The van der Waals surface area contributed by atoms with Gasteiger partial charge in [0.15, 0.2) is 0 Å². The normalized spacial score (nSPS) is 17.2. The molecule has 25 heavy (non-hydrogen) atoms. The van der Waals surface area contributed by atoms with Crippen LogP contribution in [0.1, 0.15) is 23.7 Å². The largest absolute Gasteiger partial charge is 0.462 e. The lowest BCUT2D eigenvalue weighted by Gasteiger charge is -2.13. The Kier molecular flexibility index (Phi) is 4.78. The minimum absolute atomic E-state index is 0.0287. The van der Waals surface area contributed by atoms with Gasteiger partial charge in [0, 0.05) is 25.4 Å². The lowest BCUT2D eigenvalue weighted by atomic mass is 10.1. The van der Waals surface area contributed by atoms with E-state index in [2.05, 4.69) is 10.2 Å². The summed E-state index contributed by atoms with van der Waals surface area (Å²) in [6.45, 7) is 3.09. The minimum atomic E-state index is -0.807. The lowest BCUT2D eigenvalue weighted by molar-refractivity contribution is -0.127. The molecule has 1 N–H and O–H groups in total. The van der Waals surface area contributed by atoms with Gasteiger partial charge in [-0.05, 0) is 19.1 Å². The Bertz CT molecular complexity index is 786. The molecule has 0 spiro atoms. The zero-order valence-corrected chi connectivity index (χ0v) is 13.6. The summed E-state index contributed by atoms with van der Waals surface area (Å²) in [6.07, 6.45) is 1.49. The van der Waals surface area contributed by atoms with Crippen molar-refractivity contribution in [2.24, 2.45) is 5.92 Å². The van der Waals surface area contributed by atoms with Crippen molar-refractivity contribution in [3.05, 3.63) is 41.6 Å². The highest BCUT2D eigenvalue weighted by atomic mass is 19.1. The van der Waals surface area contributed by atoms with Crippen LogP contribution >= 0.6 is 0 Å². The van der Waals surface area contributed by atoms with Gasteiger partial charge in [0.25, 0.3) is 0 Å². The van der Waals surface area contributed by atoms with Crippen LogP contribution in [0.3, 0.4) is 0 Å². The molecule has 1 atom stereocenters. The number of carbonyl (C=O) groups is 2. The number of aromatic amines is 1. The van der Waals surface area contributed by atoms with Gasteiger partial charge in [-0.15, -0.1) is 0 Å². The number of nitrogens with one attached hydrogen (secondary N) is 1. The molecule has 2 heterocycles. The van der Waals surface area contributed by atoms with E-state index in [1.54, 1.807) is 4.90 Å². The Morgan fingerprint density at radius 2 is 2.12 bits per heavy atom. The van der Waals surface area contributed by atoms with E-state index in [1.165, 1.54) is 12.3 Å². The molecule has 2 aromatic rings. The summed E-state index contributed by atoms with van der Waals surface area (Å²) in [5.74, 6) is -2.41. The molecule has 1 saturated heterocycles. The number of nitrogens with zero attached hydrogens (tertiary/aromatic N) is 2. The fourth-order valence-electron chi connectivity index (χ4n) is 2.91. The van der Waals surface area contributed by atoms with Crippen LogP contribution in [-0.2, 0) is 9.53 Å². The predicted octanol–water partition coefficient (Wildman–Crippen LogP) is 2.38. The summed E-state index contributed by atoms with van der Waals surface area (Å²) in [6, 6.07) is 3.43. The predicted molar refractivity (Wildman–Crippen MR) is 84.6 cm³/mol. The van der Waals surface area contributed by atoms with Crippen molar-refractivity contribution >= 4 is 11.9 Å². The first-order valence-electron chi connectivity index (χ1n) is 7.93. The van der Waals surface area contributed by atoms with E-state index in [0.29, 0.717) is 19.5 Å². The molecule has 3 rings (SSSR count). The summed E-state index contributed by atoms with van der Waals surface area (Å²) in [7, 11) is 0. The number of carbonyl (C=O) groups excluding carboxylic acids is 2. The van der Waals surface area contributed by atoms with Crippen LogP contribution in [0.5, 0.6) is 0 Å². The number of aromatic nitrogens is 2. The quantitative estimate of drug-likeness (QED) is 0.841. The summed E-state index contributed by atoms with van der Waals surface area (Å²) in [4.78, 5) is 25.7. The number of likely N-dealkylation sites (tertiary alicyclic amines) is 1. The molecule has 0 bridgehead atoms.